The Morgan fingerprint density at radius 3 is 1.15 bits per heavy atom. The number of aliphatic hydroxyl groups is 1. The van der Waals surface area contributed by atoms with Crippen molar-refractivity contribution < 1.29 is 63.3 Å². The van der Waals surface area contributed by atoms with Gasteiger partial charge in [-0.1, -0.05) is 136 Å². The molecular formula is C66H99Cl2N17O20. The fourth-order valence-corrected chi connectivity index (χ4v) is 5.66. The molecule has 4 heterocycles. The maximum atomic E-state index is 11.0. The number of aldehydes is 1. The summed E-state index contributed by atoms with van der Waals surface area (Å²) in [4.78, 5) is 129. The number of methoxy groups -OCH3 is 2. The predicted octanol–water partition coefficient (Wildman–Crippen LogP) is 12.5. The van der Waals surface area contributed by atoms with E-state index in [2.05, 4.69) is 66.7 Å². The van der Waals surface area contributed by atoms with Crippen molar-refractivity contribution in [1.29, 1.82) is 5.26 Å². The van der Waals surface area contributed by atoms with Gasteiger partial charge in [0, 0.05) is 75.1 Å². The number of ether oxygens (including phenoxy) is 2. The third kappa shape index (κ3) is 57.8. The summed E-state index contributed by atoms with van der Waals surface area (Å²) in [6.45, 7) is 58.7. The number of alkyl halides is 1. The number of nitro groups is 6. The first-order chi connectivity index (χ1) is 47.3. The van der Waals surface area contributed by atoms with E-state index >= 15 is 0 Å². The molecule has 0 aliphatic carbocycles. The Labute approximate surface area is 620 Å². The van der Waals surface area contributed by atoms with Gasteiger partial charge in [-0.25, -0.2) is 44.4 Å². The number of ketones is 1. The standard InChI is InChI=1S/C10H14N2O3.C10H16N2O.C9H11ClN2O2.C9H12N2O3.C7H10N2.C7H12O2.C4H9Cl.C3H2N2.C3H5NO3.2C2H4N2O3/c1-10(2,3)7-5-8(12(13)14)9(15-4)11-6-7;1-10(2,3)7-5-8(11)9(13-4)12-6-7;1-9(2,3)6-4-7(12(13)14)8(10)11-5-6;1-9(2,3)6-4-7(11(13)14)8(12)10-5-6;1-7(2,3)6(5-8)9-4;1-7(2,3)6(4-8)5-9;1-4(2,3)5;1-4-3-5-2;1-3(5)2-4(6)7;2*3-2(5)1-4(6)7/h5-6H,1-4H3;5-6H,11H2,1-4H3;4-5H,1-3H3;4-5H,1-3H3,(H,10,12);6H,1-3H3;4-5,8H,1-3H3;1-3H3;3H2;2H2,1H3;2*1H2,(H2,3,5)/b;;;;;6-4+;;;;;. The Morgan fingerprint density at radius 2 is 0.952 bits per heavy atom. The summed E-state index contributed by atoms with van der Waals surface area (Å²) in [6, 6.07) is 7.64. The lowest BCUT2D eigenvalue weighted by Gasteiger charge is -2.19. The van der Waals surface area contributed by atoms with Crippen LogP contribution >= 0.6 is 23.2 Å². The van der Waals surface area contributed by atoms with E-state index in [1.165, 1.54) is 38.4 Å². The number of aromatic amines is 1. The second kappa shape index (κ2) is 50.8. The van der Waals surface area contributed by atoms with Gasteiger partial charge in [0.2, 0.25) is 11.0 Å². The van der Waals surface area contributed by atoms with Crippen LogP contribution in [0.4, 0.5) is 22.7 Å². The van der Waals surface area contributed by atoms with E-state index in [4.69, 9.17) is 68.5 Å². The molecule has 0 radical (unpaired) electrons. The van der Waals surface area contributed by atoms with Crippen molar-refractivity contribution in [2.75, 3.05) is 46.3 Å². The van der Waals surface area contributed by atoms with Gasteiger partial charge >= 0.3 is 35.3 Å². The van der Waals surface area contributed by atoms with Crippen molar-refractivity contribution in [2.45, 2.75) is 185 Å². The van der Waals surface area contributed by atoms with Gasteiger partial charge in [0.25, 0.3) is 37.3 Å². The molecule has 0 aliphatic heterocycles. The zero-order valence-electron chi connectivity index (χ0n) is 63.7. The molecule has 4 aromatic heterocycles. The number of aromatic nitrogens is 4. The number of Topliss-reactive ketones (excluding diaryl/α,β-unsaturated/α-hetero) is 1. The highest BCUT2D eigenvalue weighted by molar-refractivity contribution is 6.31. The molecule has 105 heavy (non-hydrogen) atoms. The quantitative estimate of drug-likeness (QED) is 0.0128. The third-order valence-corrected chi connectivity index (χ3v) is 11.4. The van der Waals surface area contributed by atoms with Crippen LogP contribution in [0.15, 0.2) is 65.7 Å². The minimum absolute atomic E-state index is 0.0278. The Balaban J connectivity index is -0.000000205. The normalized spacial score (nSPS) is 10.7. The minimum Gasteiger partial charge on any atom is -0.515 e. The van der Waals surface area contributed by atoms with Crippen LogP contribution < -0.4 is 32.2 Å². The van der Waals surface area contributed by atoms with Crippen LogP contribution in [0.2, 0.25) is 5.15 Å². The summed E-state index contributed by atoms with van der Waals surface area (Å²) < 4.78 is 9.80. The molecule has 1 atom stereocenters. The molecule has 582 valence electrons. The number of halogens is 2. The van der Waals surface area contributed by atoms with E-state index in [0.717, 1.165) is 28.5 Å². The molecule has 0 fully saturated rings. The molecule has 0 saturated heterocycles. The zero-order valence-corrected chi connectivity index (χ0v) is 65.2. The van der Waals surface area contributed by atoms with Gasteiger partial charge in [0.05, 0.1) is 46.4 Å². The number of aliphatic hydroxyl groups excluding tert-OH is 1. The lowest BCUT2D eigenvalue weighted by Crippen LogP contribution is -2.21. The predicted molar refractivity (Wildman–Crippen MR) is 397 cm³/mol. The number of amides is 2. The monoisotopic (exact) mass is 1520 g/mol. The molecule has 39 heteroatoms. The number of nitrogen functional groups attached to an aromatic ring is 1. The summed E-state index contributed by atoms with van der Waals surface area (Å²) in [5.74, 6) is -1.69. The molecule has 0 aromatic carbocycles. The molecule has 4 aromatic rings. The van der Waals surface area contributed by atoms with E-state index in [9.17, 15) is 84.7 Å². The summed E-state index contributed by atoms with van der Waals surface area (Å²) in [5, 5.41) is 76.6. The summed E-state index contributed by atoms with van der Waals surface area (Å²) in [7, 11) is 2.93. The van der Waals surface area contributed by atoms with Gasteiger partial charge in [0.1, 0.15) is 6.29 Å². The molecular weight excluding hydrogens is 1420 g/mol. The number of nitriles is 1. The number of anilines is 1. The number of H-pyrrole nitrogens is 1. The highest BCUT2D eigenvalue weighted by atomic mass is 35.5. The number of hydrogen-bond acceptors (Lipinski definition) is 25. The number of carbonyl (C=O) groups is 4. The fourth-order valence-electron chi connectivity index (χ4n) is 5.49. The number of rotatable bonds is 12. The molecule has 37 nitrogen and oxygen atoms in total. The lowest BCUT2D eigenvalue weighted by atomic mass is 9.88. The van der Waals surface area contributed by atoms with Crippen LogP contribution in [0, 0.1) is 103 Å². The number of nitrogens with two attached hydrogens (primary N) is 3. The van der Waals surface area contributed by atoms with E-state index in [-0.39, 0.29) is 66.4 Å². The molecule has 1 unspecified atom stereocenters. The van der Waals surface area contributed by atoms with Crippen LogP contribution in [0.5, 0.6) is 11.8 Å². The van der Waals surface area contributed by atoms with Gasteiger partial charge < -0.3 is 36.8 Å². The van der Waals surface area contributed by atoms with Crippen molar-refractivity contribution in [1.82, 2.24) is 19.9 Å². The first-order valence-corrected chi connectivity index (χ1v) is 31.0. The Kier molecular flexibility index (Phi) is 51.8. The first kappa shape index (κ1) is 107. The summed E-state index contributed by atoms with van der Waals surface area (Å²) in [6.07, 6.45) is 8.00. The van der Waals surface area contributed by atoms with Crippen molar-refractivity contribution in [3.8, 4) is 17.8 Å². The van der Waals surface area contributed by atoms with Gasteiger partial charge in [-0.15, -0.1) is 11.6 Å². The average molecular weight is 1520 g/mol. The average Bonchev–Trinajstić information content (AvgIpc) is 0.798. The lowest BCUT2D eigenvalue weighted by molar-refractivity contribution is -0.467. The maximum Gasteiger partial charge on any atom is 0.466 e. The highest BCUT2D eigenvalue weighted by Crippen LogP contribution is 2.32. The van der Waals surface area contributed by atoms with Crippen LogP contribution in [0.3, 0.4) is 0 Å². The van der Waals surface area contributed by atoms with Crippen LogP contribution in [-0.2, 0) is 40.8 Å². The Hall–Kier alpha value is -11.4. The Bertz CT molecular complexity index is 3640. The highest BCUT2D eigenvalue weighted by Gasteiger charge is 2.29. The van der Waals surface area contributed by atoms with E-state index in [0.29, 0.717) is 23.4 Å². The minimum atomic E-state index is -0.912. The maximum absolute atomic E-state index is 11.0. The number of allylic oxidation sites excluding steroid dienone is 1. The van der Waals surface area contributed by atoms with Crippen molar-refractivity contribution in [2.24, 2.45) is 22.3 Å². The molecule has 0 aliphatic rings. The molecule has 0 bridgehead atoms. The first-order valence-electron chi connectivity index (χ1n) is 30.3. The van der Waals surface area contributed by atoms with E-state index in [1.54, 1.807) is 25.7 Å². The van der Waals surface area contributed by atoms with Gasteiger partial charge in [0.15, 0.2) is 11.9 Å². The van der Waals surface area contributed by atoms with Crippen LogP contribution in [0.25, 0.3) is 14.5 Å². The molecule has 2 amide bonds. The second-order valence-electron chi connectivity index (χ2n) is 28.1. The molecule has 0 saturated carbocycles. The van der Waals surface area contributed by atoms with Crippen molar-refractivity contribution >= 4 is 69.8 Å². The SMILES string of the molecule is CC(=O)C[N+](=O)[O-].CC(C)(C)/C(C=O)=C/O.CC(C)(C)Cl.CC(C)(C)c1c[nH]c(=O)c([N+](=O)[O-])c1.CC(C)(C)c1cnc(Cl)c([N+](=O)[O-])c1.COc1ncc(C(C)(C)C)cc1N.COc1ncc(C(C)(C)C)cc1[N+](=O)[O-].NC(=O)C[N+](=O)[O-].NC(=O)C[N+](=O)[O-].[C-]#[N+]C(C#N)C(C)(C)C.[C-]#[N+]C[N+]#[C-]. The van der Waals surface area contributed by atoms with Crippen molar-refractivity contribution in [3.05, 3.63) is 194 Å². The number of primary amides is 2. The second-order valence-corrected chi connectivity index (χ2v) is 29.6. The smallest absolute Gasteiger partial charge is 0.466 e. The number of nitrogens with one attached hydrogen (secondary N) is 1. The topological polar surface area (TPSA) is 552 Å². The summed E-state index contributed by atoms with van der Waals surface area (Å²) in [5.41, 5.74) is 16.8. The van der Waals surface area contributed by atoms with Crippen LogP contribution in [0.1, 0.15) is 175 Å². The Morgan fingerprint density at radius 1 is 0.619 bits per heavy atom. The number of nitrogens with zero attached hydrogens (tertiary/aromatic N) is 13. The fraction of sp³-hybridized carbons (Fsp3) is 0.545. The molecule has 4 rings (SSSR count). The largest absolute Gasteiger partial charge is 0.515 e. The number of pyridine rings is 4. The van der Waals surface area contributed by atoms with Gasteiger partial charge in [-0.05, 0) is 76.2 Å². The molecule has 0 spiro atoms. The third-order valence-electron chi connectivity index (χ3n) is 11.1. The number of hydrogen-bond donors (Lipinski definition) is 5. The van der Waals surface area contributed by atoms with E-state index < -0.39 is 84.1 Å². The molecule has 8 N–H and O–H groups in total. The van der Waals surface area contributed by atoms with Gasteiger partial charge in [-0.2, -0.15) is 5.26 Å². The van der Waals surface area contributed by atoms with Crippen molar-refractivity contribution in [3.63, 3.8) is 0 Å². The van der Waals surface area contributed by atoms with Gasteiger partial charge in [-0.3, -0.25) is 89.5 Å². The number of carbonyl (C=O) groups excluding carboxylic acids is 4. The van der Waals surface area contributed by atoms with E-state index in [1.807, 2.05) is 137 Å². The van der Waals surface area contributed by atoms with Crippen LogP contribution in [-0.4, -0.2) is 130 Å². The summed E-state index contributed by atoms with van der Waals surface area (Å²) >= 11 is 11.1. The zero-order chi connectivity index (χ0) is 84.7.